The van der Waals surface area contributed by atoms with E-state index in [-0.39, 0.29) is 30.4 Å². The highest BCUT2D eigenvalue weighted by Crippen LogP contribution is 2.40. The lowest BCUT2D eigenvalue weighted by Gasteiger charge is -2.18. The zero-order valence-corrected chi connectivity index (χ0v) is 20.7. The molecule has 2 unspecified atom stereocenters. The van der Waals surface area contributed by atoms with Crippen molar-refractivity contribution in [2.75, 3.05) is 13.7 Å². The second-order valence-corrected chi connectivity index (χ2v) is 8.70. The zero-order chi connectivity index (χ0) is 23.0. The van der Waals surface area contributed by atoms with Crippen LogP contribution in [0, 0.1) is 13.8 Å². The molecule has 1 saturated heterocycles. The number of aromatic amines is 1. The van der Waals surface area contributed by atoms with Gasteiger partial charge in [0.25, 0.3) is 0 Å². The summed E-state index contributed by atoms with van der Waals surface area (Å²) in [5.74, 6) is -0.575. The minimum Gasteiger partial charge on any atom is -0.496 e. The third kappa shape index (κ3) is 4.74. The number of halogens is 2. The third-order valence-corrected chi connectivity index (χ3v) is 6.31. The maximum absolute atomic E-state index is 13.7. The Bertz CT molecular complexity index is 1180. The standard InChI is InChI=1S/C25H27ClN2O4.ClH/c1-13-12-18-21(22(24(13)31-4)23(29)16-7-9-17(26)10-8-16)20(15(3)28-18)14(2)25(30)32-19-6-5-11-27-19;/h7-10,12,14,19,27-28H,5-6,11H2,1-4H3;1H. The number of esters is 1. The lowest BCUT2D eigenvalue weighted by atomic mass is 9.90. The minimum atomic E-state index is -0.560. The van der Waals surface area contributed by atoms with Gasteiger partial charge in [0, 0.05) is 27.2 Å². The number of hydrogen-bond acceptors (Lipinski definition) is 5. The maximum atomic E-state index is 13.7. The summed E-state index contributed by atoms with van der Waals surface area (Å²) in [6.45, 7) is 6.46. The van der Waals surface area contributed by atoms with Gasteiger partial charge in [0.1, 0.15) is 5.75 Å². The second-order valence-electron chi connectivity index (χ2n) is 8.27. The normalized spacial score (nSPS) is 16.3. The third-order valence-electron chi connectivity index (χ3n) is 6.06. The quantitative estimate of drug-likeness (QED) is 0.354. The lowest BCUT2D eigenvalue weighted by Crippen LogP contribution is -2.29. The first-order valence-electron chi connectivity index (χ1n) is 10.8. The number of rotatable bonds is 6. The fourth-order valence-electron chi connectivity index (χ4n) is 4.51. The summed E-state index contributed by atoms with van der Waals surface area (Å²) in [6, 6.07) is 8.71. The summed E-state index contributed by atoms with van der Waals surface area (Å²) in [5, 5.41) is 4.43. The first-order chi connectivity index (χ1) is 15.3. The van der Waals surface area contributed by atoms with Crippen LogP contribution in [0.15, 0.2) is 30.3 Å². The molecular formula is C25H28Cl2N2O4. The number of hydrogen-bond donors (Lipinski definition) is 2. The van der Waals surface area contributed by atoms with E-state index in [1.54, 1.807) is 31.4 Å². The number of fused-ring (bicyclic) bond motifs is 1. The van der Waals surface area contributed by atoms with Crippen LogP contribution in [0.25, 0.3) is 10.9 Å². The van der Waals surface area contributed by atoms with Crippen LogP contribution in [-0.4, -0.2) is 36.6 Å². The van der Waals surface area contributed by atoms with Crippen LogP contribution in [0.5, 0.6) is 5.75 Å². The topological polar surface area (TPSA) is 80.4 Å². The van der Waals surface area contributed by atoms with Gasteiger partial charge in [-0.3, -0.25) is 14.9 Å². The SMILES string of the molecule is COc1c(C)cc2[nH]c(C)c(C(C)C(=O)OC3CCCN3)c2c1C(=O)c1ccc(Cl)cc1.Cl. The van der Waals surface area contributed by atoms with Crippen molar-refractivity contribution in [1.82, 2.24) is 10.3 Å². The molecule has 6 nitrogen and oxygen atoms in total. The molecule has 1 aliphatic heterocycles. The number of ether oxygens (including phenoxy) is 2. The van der Waals surface area contributed by atoms with Crippen molar-refractivity contribution in [3.63, 3.8) is 0 Å². The number of aromatic nitrogens is 1. The molecule has 3 aromatic rings. The molecule has 0 radical (unpaired) electrons. The van der Waals surface area contributed by atoms with E-state index in [1.807, 2.05) is 26.8 Å². The van der Waals surface area contributed by atoms with Gasteiger partial charge in [0.15, 0.2) is 12.0 Å². The smallest absolute Gasteiger partial charge is 0.314 e. The highest BCUT2D eigenvalue weighted by molar-refractivity contribution is 6.30. The van der Waals surface area contributed by atoms with E-state index in [1.165, 1.54) is 0 Å². The fourth-order valence-corrected chi connectivity index (χ4v) is 4.64. The van der Waals surface area contributed by atoms with E-state index in [9.17, 15) is 9.59 Å². The number of aryl methyl sites for hydroxylation is 2. The summed E-state index contributed by atoms with van der Waals surface area (Å²) in [7, 11) is 1.55. The predicted molar refractivity (Wildman–Crippen MR) is 132 cm³/mol. The average Bonchev–Trinajstić information content (AvgIpc) is 3.39. The fraction of sp³-hybridized carbons (Fsp3) is 0.360. The summed E-state index contributed by atoms with van der Waals surface area (Å²) >= 11 is 6.02. The highest BCUT2D eigenvalue weighted by atomic mass is 35.5. The number of methoxy groups -OCH3 is 1. The Kier molecular flexibility index (Phi) is 7.73. The molecule has 0 amide bonds. The molecule has 2 heterocycles. The molecule has 2 aromatic carbocycles. The molecule has 8 heteroatoms. The van der Waals surface area contributed by atoms with E-state index in [0.29, 0.717) is 27.3 Å². The van der Waals surface area contributed by atoms with Crippen LogP contribution in [0.1, 0.15) is 58.4 Å². The van der Waals surface area contributed by atoms with Gasteiger partial charge in [-0.05, 0) is 81.6 Å². The van der Waals surface area contributed by atoms with E-state index < -0.39 is 5.92 Å². The Balaban J connectivity index is 0.00000306. The Labute approximate surface area is 204 Å². The molecular weight excluding hydrogens is 463 g/mol. The molecule has 176 valence electrons. The Morgan fingerprint density at radius 2 is 1.88 bits per heavy atom. The van der Waals surface area contributed by atoms with Crippen LogP contribution in [0.3, 0.4) is 0 Å². The van der Waals surface area contributed by atoms with E-state index in [0.717, 1.165) is 41.7 Å². The van der Waals surface area contributed by atoms with Gasteiger partial charge in [-0.2, -0.15) is 0 Å². The summed E-state index contributed by atoms with van der Waals surface area (Å²) in [6.07, 6.45) is 1.52. The van der Waals surface area contributed by atoms with Gasteiger partial charge in [-0.25, -0.2) is 0 Å². The number of benzene rings is 2. The molecule has 0 saturated carbocycles. The lowest BCUT2D eigenvalue weighted by molar-refractivity contribution is -0.151. The van der Waals surface area contributed by atoms with Gasteiger partial charge in [-0.15, -0.1) is 12.4 Å². The van der Waals surface area contributed by atoms with Crippen molar-refractivity contribution in [1.29, 1.82) is 0 Å². The van der Waals surface area contributed by atoms with Crippen molar-refractivity contribution in [2.24, 2.45) is 0 Å². The number of H-pyrrole nitrogens is 1. The van der Waals surface area contributed by atoms with Crippen LogP contribution in [0.4, 0.5) is 0 Å². The summed E-state index contributed by atoms with van der Waals surface area (Å²) in [4.78, 5) is 30.0. The molecule has 0 spiro atoms. The van der Waals surface area contributed by atoms with E-state index in [2.05, 4.69) is 10.3 Å². The number of carbonyl (C=O) groups is 2. The minimum absolute atomic E-state index is 0. The first kappa shape index (κ1) is 25.1. The van der Waals surface area contributed by atoms with Gasteiger partial charge >= 0.3 is 5.97 Å². The van der Waals surface area contributed by atoms with Gasteiger partial charge in [-0.1, -0.05) is 11.6 Å². The van der Waals surface area contributed by atoms with Gasteiger partial charge in [0.05, 0.1) is 18.6 Å². The van der Waals surface area contributed by atoms with Crippen molar-refractivity contribution >= 4 is 46.7 Å². The number of carbonyl (C=O) groups excluding carboxylic acids is 2. The predicted octanol–water partition coefficient (Wildman–Crippen LogP) is 5.46. The molecule has 0 aliphatic carbocycles. The average molecular weight is 491 g/mol. The van der Waals surface area contributed by atoms with Crippen molar-refractivity contribution in [2.45, 2.75) is 45.8 Å². The van der Waals surface area contributed by atoms with Crippen LogP contribution in [0.2, 0.25) is 5.02 Å². The Morgan fingerprint density at radius 1 is 1.18 bits per heavy atom. The van der Waals surface area contributed by atoms with E-state index >= 15 is 0 Å². The molecule has 0 bridgehead atoms. The molecule has 1 fully saturated rings. The largest absolute Gasteiger partial charge is 0.496 e. The summed E-state index contributed by atoms with van der Waals surface area (Å²) < 4.78 is 11.4. The van der Waals surface area contributed by atoms with Crippen molar-refractivity contribution in [3.8, 4) is 5.75 Å². The maximum Gasteiger partial charge on any atom is 0.314 e. The van der Waals surface area contributed by atoms with Crippen molar-refractivity contribution in [3.05, 3.63) is 63.3 Å². The zero-order valence-electron chi connectivity index (χ0n) is 19.1. The Hall–Kier alpha value is -2.54. The van der Waals surface area contributed by atoms with E-state index in [4.69, 9.17) is 21.1 Å². The van der Waals surface area contributed by atoms with Crippen LogP contribution < -0.4 is 10.1 Å². The monoisotopic (exact) mass is 490 g/mol. The molecule has 1 aliphatic rings. The number of ketones is 1. The van der Waals surface area contributed by atoms with Gasteiger partial charge in [0.2, 0.25) is 0 Å². The van der Waals surface area contributed by atoms with Crippen molar-refractivity contribution < 1.29 is 19.1 Å². The van der Waals surface area contributed by atoms with Gasteiger partial charge < -0.3 is 14.5 Å². The summed E-state index contributed by atoms with van der Waals surface area (Å²) in [5.41, 5.74) is 4.11. The molecule has 2 N–H and O–H groups in total. The second kappa shape index (κ2) is 10.2. The van der Waals surface area contributed by atoms with Crippen LogP contribution in [-0.2, 0) is 9.53 Å². The highest BCUT2D eigenvalue weighted by Gasteiger charge is 2.31. The molecule has 4 rings (SSSR count). The molecule has 1 aromatic heterocycles. The molecule has 33 heavy (non-hydrogen) atoms. The molecule has 2 atom stereocenters. The van der Waals surface area contributed by atoms with Crippen LogP contribution >= 0.6 is 24.0 Å². The Morgan fingerprint density at radius 3 is 2.48 bits per heavy atom. The first-order valence-corrected chi connectivity index (χ1v) is 11.1. The number of nitrogens with one attached hydrogen (secondary N) is 2.